The number of carbonyl (C=O) groups excluding carboxylic acids is 6. The highest BCUT2D eigenvalue weighted by molar-refractivity contribution is 6.74. The number of nitrogens with zero attached hydrogens (tertiary/aromatic N) is 3. The Labute approximate surface area is 601 Å². The molecule has 0 radical (unpaired) electrons. The number of aromatic nitrogens is 3. The van der Waals surface area contributed by atoms with Crippen molar-refractivity contribution in [2.75, 3.05) is 0 Å². The SMILES string of the molecule is C=Cc1cc(C(C)(C)C)nc(C(C)(C)C)c1.C=Cc1ccc(CC(C(C)=O)C(C)=O)cc1.CCC(CC(C)c1cc(C(C)(C)C)nc(C(C)(C)C)c1)c1ccc(C(C(=O)Cl)C(=O)Cl)cc1.CCC(CC(C)c1cc(C(C)(C)C)nc(C(C)(C)C)c1)c1ccc(C(C(C)=O)C(C)=O)cc1. The zero-order valence-corrected chi connectivity index (χ0v) is 66.1. The fourth-order valence-electron chi connectivity index (χ4n) is 11.5. The van der Waals surface area contributed by atoms with Gasteiger partial charge in [-0.3, -0.25) is 43.7 Å². The van der Waals surface area contributed by atoms with Crippen LogP contribution >= 0.6 is 23.2 Å². The number of benzene rings is 3. The van der Waals surface area contributed by atoms with Crippen LogP contribution in [0.1, 0.15) is 325 Å². The van der Waals surface area contributed by atoms with E-state index >= 15 is 0 Å². The molecule has 4 atom stereocenters. The number of pyridine rings is 3. The number of halogens is 2. The van der Waals surface area contributed by atoms with Gasteiger partial charge >= 0.3 is 0 Å². The van der Waals surface area contributed by atoms with E-state index < -0.39 is 28.2 Å². The Kier molecular flexibility index (Phi) is 31.4. The quantitative estimate of drug-likeness (QED) is 0.0480. The molecule has 3 aromatic heterocycles. The third-order valence-corrected chi connectivity index (χ3v) is 18.6. The minimum atomic E-state index is -1.12. The van der Waals surface area contributed by atoms with Gasteiger partial charge in [0.05, 0.1) is 5.92 Å². The molecular formula is C87H119Cl2N3O6. The molecule has 0 aliphatic rings. The van der Waals surface area contributed by atoms with E-state index in [0.717, 1.165) is 82.1 Å². The van der Waals surface area contributed by atoms with Crippen LogP contribution in [0, 0.1) is 5.92 Å². The zero-order chi connectivity index (χ0) is 75.0. The Hall–Kier alpha value is -6.81. The van der Waals surface area contributed by atoms with Gasteiger partial charge < -0.3 is 0 Å². The summed E-state index contributed by atoms with van der Waals surface area (Å²) >= 11 is 11.2. The number of Topliss-reactive ketones (excluding diaryl/α,β-unsaturated/α-hetero) is 4. The minimum Gasteiger partial charge on any atom is -0.299 e. The minimum absolute atomic E-state index is 0.000314. The maximum Gasteiger partial charge on any atom is 0.237 e. The van der Waals surface area contributed by atoms with Crippen molar-refractivity contribution in [3.05, 3.63) is 207 Å². The van der Waals surface area contributed by atoms with Gasteiger partial charge in [0.15, 0.2) is 0 Å². The number of rotatable bonds is 22. The van der Waals surface area contributed by atoms with Crippen LogP contribution in [0.2, 0.25) is 0 Å². The van der Waals surface area contributed by atoms with E-state index in [4.69, 9.17) is 38.2 Å². The van der Waals surface area contributed by atoms with Crippen LogP contribution in [-0.4, -0.2) is 48.6 Å². The first-order valence-electron chi connectivity index (χ1n) is 35.0. The van der Waals surface area contributed by atoms with Gasteiger partial charge in [0.25, 0.3) is 0 Å². The lowest BCUT2D eigenvalue weighted by molar-refractivity contribution is -0.131. The van der Waals surface area contributed by atoms with Gasteiger partial charge in [-0.15, -0.1) is 0 Å². The van der Waals surface area contributed by atoms with Gasteiger partial charge in [-0.2, -0.15) is 0 Å². The van der Waals surface area contributed by atoms with Crippen LogP contribution in [-0.2, 0) is 67.7 Å². The van der Waals surface area contributed by atoms with Gasteiger partial charge in [0, 0.05) is 66.7 Å². The van der Waals surface area contributed by atoms with Crippen molar-refractivity contribution in [2.24, 2.45) is 5.92 Å². The fraction of sp³-hybridized carbons (Fsp3) is 0.506. The smallest absolute Gasteiger partial charge is 0.237 e. The summed E-state index contributed by atoms with van der Waals surface area (Å²) in [5, 5.41) is -1.52. The van der Waals surface area contributed by atoms with Crippen LogP contribution in [0.3, 0.4) is 0 Å². The lowest BCUT2D eigenvalue weighted by atomic mass is 9.80. The largest absolute Gasteiger partial charge is 0.299 e. The maximum atomic E-state index is 11.9. The molecule has 0 aliphatic heterocycles. The number of hydrogen-bond acceptors (Lipinski definition) is 9. The highest BCUT2D eigenvalue weighted by Crippen LogP contribution is 2.39. The molecule has 532 valence electrons. The Morgan fingerprint density at radius 2 is 0.643 bits per heavy atom. The van der Waals surface area contributed by atoms with E-state index in [2.05, 4.69) is 214 Å². The molecule has 0 aliphatic carbocycles. The molecule has 0 amide bonds. The van der Waals surface area contributed by atoms with Crippen LogP contribution in [0.5, 0.6) is 0 Å². The monoisotopic (exact) mass is 1370 g/mol. The third-order valence-electron chi connectivity index (χ3n) is 18.2. The first-order valence-corrected chi connectivity index (χ1v) is 35.8. The first kappa shape index (κ1) is 85.4. The van der Waals surface area contributed by atoms with E-state index in [-0.39, 0.29) is 55.6 Å². The highest BCUT2D eigenvalue weighted by atomic mass is 35.5. The molecule has 3 heterocycles. The normalized spacial score (nSPS) is 13.3. The predicted octanol–water partition coefficient (Wildman–Crippen LogP) is 22.6. The van der Waals surface area contributed by atoms with Crippen molar-refractivity contribution < 1.29 is 28.8 Å². The molecule has 0 saturated heterocycles. The van der Waals surface area contributed by atoms with Crippen molar-refractivity contribution >= 4 is 69.0 Å². The Balaban J connectivity index is 0.000000359. The Morgan fingerprint density at radius 3 is 0.878 bits per heavy atom. The Morgan fingerprint density at radius 1 is 0.378 bits per heavy atom. The van der Waals surface area contributed by atoms with Gasteiger partial charge in [-0.25, -0.2) is 0 Å². The molecule has 0 fully saturated rings. The lowest BCUT2D eigenvalue weighted by Gasteiger charge is -2.27. The summed E-state index contributed by atoms with van der Waals surface area (Å²) in [6, 6.07) is 36.7. The molecule has 6 rings (SSSR count). The fourth-order valence-corrected chi connectivity index (χ4v) is 12.0. The summed E-state index contributed by atoms with van der Waals surface area (Å²) < 4.78 is 0. The average Bonchev–Trinajstić information content (AvgIpc) is 0.969. The van der Waals surface area contributed by atoms with E-state index in [1.165, 1.54) is 49.9 Å². The zero-order valence-electron chi connectivity index (χ0n) is 64.6. The van der Waals surface area contributed by atoms with Gasteiger partial charge in [0.2, 0.25) is 10.5 Å². The van der Waals surface area contributed by atoms with Gasteiger partial charge in [-0.05, 0) is 193 Å². The molecule has 0 bridgehead atoms. The molecule has 6 aromatic rings. The lowest BCUT2D eigenvalue weighted by Crippen LogP contribution is -2.21. The second-order valence-electron chi connectivity index (χ2n) is 33.2. The van der Waals surface area contributed by atoms with Crippen LogP contribution in [0.4, 0.5) is 0 Å². The molecule has 0 saturated carbocycles. The molecule has 9 nitrogen and oxygen atoms in total. The Bertz CT molecular complexity index is 3390. The number of hydrogen-bond donors (Lipinski definition) is 0. The topological polar surface area (TPSA) is 141 Å². The molecule has 4 unspecified atom stereocenters. The maximum absolute atomic E-state index is 11.9. The van der Waals surface area contributed by atoms with Crippen molar-refractivity contribution in [1.82, 2.24) is 15.0 Å². The highest BCUT2D eigenvalue weighted by Gasteiger charge is 2.30. The summed E-state index contributed by atoms with van der Waals surface area (Å²) in [5.74, 6) is -1.12. The summed E-state index contributed by atoms with van der Waals surface area (Å²) in [7, 11) is 0. The van der Waals surface area contributed by atoms with Gasteiger partial charge in [0.1, 0.15) is 35.0 Å². The van der Waals surface area contributed by atoms with Crippen molar-refractivity contribution in [3.8, 4) is 0 Å². The first-order chi connectivity index (χ1) is 45.0. The van der Waals surface area contributed by atoms with Crippen molar-refractivity contribution in [1.29, 1.82) is 0 Å². The second kappa shape index (κ2) is 36.0. The summed E-state index contributed by atoms with van der Waals surface area (Å²) in [4.78, 5) is 84.4. The van der Waals surface area contributed by atoms with Crippen molar-refractivity contribution in [3.63, 3.8) is 0 Å². The summed E-state index contributed by atoms with van der Waals surface area (Å²) in [6.07, 6.45) is 8.19. The number of ketones is 4. The molecule has 11 heteroatoms. The van der Waals surface area contributed by atoms with E-state index in [1.54, 1.807) is 18.2 Å². The van der Waals surface area contributed by atoms with Crippen LogP contribution in [0.25, 0.3) is 12.2 Å². The molecule has 0 N–H and O–H groups in total. The van der Waals surface area contributed by atoms with Crippen LogP contribution < -0.4 is 0 Å². The van der Waals surface area contributed by atoms with E-state index in [1.807, 2.05) is 54.6 Å². The molecule has 3 aromatic carbocycles. The van der Waals surface area contributed by atoms with Crippen LogP contribution in [0.15, 0.2) is 122 Å². The second-order valence-corrected chi connectivity index (χ2v) is 33.9. The van der Waals surface area contributed by atoms with E-state index in [0.29, 0.717) is 35.7 Å². The summed E-state index contributed by atoms with van der Waals surface area (Å²) in [5.41, 5.74) is 16.5. The predicted molar refractivity (Wildman–Crippen MR) is 414 cm³/mol. The third kappa shape index (κ3) is 26.0. The number of carbonyl (C=O) groups is 6. The van der Waals surface area contributed by atoms with Crippen molar-refractivity contribution in [2.45, 2.75) is 280 Å². The molecular weight excluding hydrogens is 1250 g/mol. The van der Waals surface area contributed by atoms with E-state index in [9.17, 15) is 28.8 Å². The summed E-state index contributed by atoms with van der Waals surface area (Å²) in [6.45, 7) is 62.1. The van der Waals surface area contributed by atoms with Gasteiger partial charge in [-0.1, -0.05) is 250 Å². The molecule has 0 spiro atoms. The standard InChI is InChI=1S/C30H43NO2.C28H37Cl2NO2.C15H23N.C14H16O2/c1-11-22(23-12-14-24(15-13-23)28(20(3)32)21(4)33)16-19(2)25-17-26(29(5,6)7)31-27(18-25)30(8,9)10;1-9-18(19-10-12-20(13-11-19)24(25(29)32)26(30)33)14-17(2)21-15-22(27(3,4)5)31-23(16-21)28(6,7)8;1-8-11-9-12(14(2,3)4)16-13(10-11)15(5,6)7;1-4-12-5-7-13(8-6-12)9-14(10(2)15)11(3)16/h12-15,17-19,22,28H,11,16H2,1-10H3;10-13,15-18,24H,9,14H2,1-8H3;8-10H,1H2,2-7H3;4-8,14H,1,9H2,2-3H3. The molecule has 98 heavy (non-hydrogen) atoms. The average molecular weight is 1370 g/mol.